The van der Waals surface area contributed by atoms with Crippen molar-refractivity contribution in [1.82, 2.24) is 10.6 Å². The molecule has 3 aromatic rings. The number of fused-ring (bicyclic) bond motifs is 4. The third-order valence-corrected chi connectivity index (χ3v) is 15.7. The smallest absolute Gasteiger partial charge is 0.408 e. The first kappa shape index (κ1) is 58.9. The molecule has 4 aliphatic carbocycles. The van der Waals surface area contributed by atoms with E-state index in [0.717, 1.165) is 12.5 Å². The van der Waals surface area contributed by atoms with Gasteiger partial charge in [-0.2, -0.15) is 0 Å². The Morgan fingerprint density at radius 1 is 0.800 bits per heavy atom. The maximum Gasteiger partial charge on any atom is 0.408 e. The molecule has 4 fully saturated rings. The second-order valence-corrected chi connectivity index (χ2v) is 22.4. The van der Waals surface area contributed by atoms with Crippen LogP contribution in [0.25, 0.3) is 0 Å². The molecule has 1 aliphatic heterocycles. The minimum absolute atomic E-state index is 0.0159. The number of carbonyl (C=O) groups excluding carboxylic acids is 8. The van der Waals surface area contributed by atoms with Crippen molar-refractivity contribution >= 4 is 47.8 Å². The first-order chi connectivity index (χ1) is 37.9. The SMILES string of the molecule is CC(=O)O[C@H]1C(=O)[C@]23CC2C[C@H]2OC[C@@]2(OC(C)=O)[C@H]3[C@H](OC(=O)c2ccccc2)[C@]2(O)C[C@H](OC(=O)[C@H](OC(=O)COCCOCCNC(=O)OCc3ccccc3)[C@@H](NC(=O)OC(C)(C)C)c3ccccc3)C(C)=C1C2(C)C. The average molecular weight is 1110 g/mol. The van der Waals surface area contributed by atoms with Crippen LogP contribution in [0.15, 0.2) is 102 Å². The molecule has 3 saturated carbocycles. The Hall–Kier alpha value is -7.20. The number of Topliss-reactive ketones (excluding diaryl/α,β-unsaturated/α-hetero) is 1. The number of ketones is 1. The third-order valence-electron chi connectivity index (χ3n) is 15.7. The molecular weight excluding hydrogens is 1040 g/mol. The molecule has 3 aromatic carbocycles. The van der Waals surface area contributed by atoms with Crippen LogP contribution in [0.3, 0.4) is 0 Å². The quantitative estimate of drug-likeness (QED) is 0.0508. The van der Waals surface area contributed by atoms with Gasteiger partial charge < -0.3 is 63.1 Å². The average Bonchev–Trinajstić information content (AvgIpc) is 2.14. The van der Waals surface area contributed by atoms with E-state index in [-0.39, 0.29) is 74.7 Å². The van der Waals surface area contributed by atoms with E-state index in [2.05, 4.69) is 10.6 Å². The summed E-state index contributed by atoms with van der Waals surface area (Å²) in [5, 5.41) is 19.2. The second-order valence-electron chi connectivity index (χ2n) is 22.4. The van der Waals surface area contributed by atoms with E-state index >= 15 is 9.59 Å². The van der Waals surface area contributed by atoms with Crippen LogP contribution in [0.4, 0.5) is 9.59 Å². The highest BCUT2D eigenvalue weighted by Crippen LogP contribution is 2.74. The minimum Gasteiger partial charge on any atom is -0.455 e. The number of rotatable bonds is 20. The number of aliphatic hydroxyl groups is 1. The molecule has 1 unspecified atom stereocenters. The number of hydrogen-bond acceptors (Lipinski definition) is 19. The van der Waals surface area contributed by atoms with Crippen molar-refractivity contribution in [3.05, 3.63) is 119 Å². The number of esters is 5. The predicted molar refractivity (Wildman–Crippen MR) is 280 cm³/mol. The molecule has 1 heterocycles. The molecule has 3 N–H and O–H groups in total. The van der Waals surface area contributed by atoms with E-state index in [1.54, 1.807) is 90.1 Å². The van der Waals surface area contributed by atoms with Crippen molar-refractivity contribution in [1.29, 1.82) is 0 Å². The molecule has 0 aromatic heterocycles. The summed E-state index contributed by atoms with van der Waals surface area (Å²) >= 11 is 0. The van der Waals surface area contributed by atoms with Gasteiger partial charge in [-0.15, -0.1) is 0 Å². The van der Waals surface area contributed by atoms with Crippen LogP contribution < -0.4 is 10.6 Å². The molecule has 11 atom stereocenters. The number of benzene rings is 3. The first-order valence-electron chi connectivity index (χ1n) is 26.7. The fourth-order valence-electron chi connectivity index (χ4n) is 12.1. The molecule has 8 rings (SSSR count). The summed E-state index contributed by atoms with van der Waals surface area (Å²) in [5.74, 6) is -7.09. The lowest BCUT2D eigenvalue weighted by atomic mass is 9.48. The van der Waals surface area contributed by atoms with E-state index < -0.39 is 137 Å². The summed E-state index contributed by atoms with van der Waals surface area (Å²) in [4.78, 5) is 112. The van der Waals surface area contributed by atoms with Gasteiger partial charge in [0.15, 0.2) is 17.5 Å². The van der Waals surface area contributed by atoms with Crippen molar-refractivity contribution in [2.75, 3.05) is 39.6 Å². The van der Waals surface area contributed by atoms with Crippen molar-refractivity contribution in [2.24, 2.45) is 22.7 Å². The largest absolute Gasteiger partial charge is 0.455 e. The van der Waals surface area contributed by atoms with Crippen LogP contribution in [0.2, 0.25) is 0 Å². The monoisotopic (exact) mass is 1110 g/mol. The first-order valence-corrected chi connectivity index (χ1v) is 26.7. The van der Waals surface area contributed by atoms with Gasteiger partial charge in [-0.3, -0.25) is 14.4 Å². The van der Waals surface area contributed by atoms with E-state index in [1.807, 2.05) is 30.3 Å². The number of alkyl carbamates (subject to hydrolysis) is 2. The van der Waals surface area contributed by atoms with Crippen LogP contribution in [-0.4, -0.2) is 140 Å². The van der Waals surface area contributed by atoms with Crippen LogP contribution in [0, 0.1) is 22.7 Å². The van der Waals surface area contributed by atoms with Crippen LogP contribution in [0.1, 0.15) is 102 Å². The molecular formula is C59H70N2O19. The molecule has 2 bridgehead atoms. The summed E-state index contributed by atoms with van der Waals surface area (Å²) in [6.45, 7) is 11.2. The molecule has 2 amide bonds. The van der Waals surface area contributed by atoms with E-state index in [9.17, 15) is 33.9 Å². The number of hydrogen-bond donors (Lipinski definition) is 3. The topological polar surface area (TPSA) is 273 Å². The van der Waals surface area contributed by atoms with Crippen molar-refractivity contribution in [3.8, 4) is 0 Å². The van der Waals surface area contributed by atoms with Crippen LogP contribution >= 0.6 is 0 Å². The molecule has 1 saturated heterocycles. The van der Waals surface area contributed by atoms with E-state index in [4.69, 9.17) is 47.4 Å². The Morgan fingerprint density at radius 2 is 1.45 bits per heavy atom. The van der Waals surface area contributed by atoms with Gasteiger partial charge in [0.25, 0.3) is 0 Å². The Labute approximate surface area is 463 Å². The van der Waals surface area contributed by atoms with E-state index in [1.165, 1.54) is 19.1 Å². The Bertz CT molecular complexity index is 2840. The fourth-order valence-corrected chi connectivity index (χ4v) is 12.1. The van der Waals surface area contributed by atoms with Crippen LogP contribution in [-0.2, 0) is 77.9 Å². The normalized spacial score (nSPS) is 27.7. The number of ether oxygens (including phenoxy) is 10. The Kier molecular flexibility index (Phi) is 17.6. The summed E-state index contributed by atoms with van der Waals surface area (Å²) in [6.07, 6.45) is -9.45. The summed E-state index contributed by atoms with van der Waals surface area (Å²) in [5.41, 5.74) is -6.70. The van der Waals surface area contributed by atoms with E-state index in [0.29, 0.717) is 0 Å². The molecule has 1 spiro atoms. The molecule has 5 aliphatic rings. The lowest BCUT2D eigenvalue weighted by Crippen LogP contribution is -2.78. The van der Waals surface area contributed by atoms with Gasteiger partial charge >= 0.3 is 42.0 Å². The highest BCUT2D eigenvalue weighted by molar-refractivity contribution is 5.98. The molecule has 21 nitrogen and oxygen atoms in total. The molecule has 21 heteroatoms. The Balaban J connectivity index is 1.11. The molecule has 80 heavy (non-hydrogen) atoms. The lowest BCUT2D eigenvalue weighted by molar-refractivity contribution is -0.323. The maximum atomic E-state index is 15.8. The third kappa shape index (κ3) is 12.3. The summed E-state index contributed by atoms with van der Waals surface area (Å²) < 4.78 is 59.1. The standard InChI is InChI=1S/C59H70N2O19/c1-34-41(76-52(67)47(45(38-20-14-10-15-21-38)61-54(69)80-55(4,5)6)77-43(64)32-72-27-26-71-25-24-60-53(68)73-31-37-18-12-9-13-19-37)30-59(70)50(78-51(66)39-22-16-11-17-23-39)48-57(49(65)46(75-35(2)62)44(34)56(59,7)8)29-40(57)28-42-58(48,33-74-42)79-36(3)63/h9-23,40-42,45-48,50,70H,24-33H2,1-8H3,(H,60,68)(H,61,69)/t40?,41-,42+,45-,46+,47+,48-,50-,57+,58-,59+/m0/s1. The fraction of sp³-hybridized carbons (Fsp3) is 0.525. The van der Waals surface area contributed by atoms with Crippen molar-refractivity contribution in [3.63, 3.8) is 0 Å². The zero-order chi connectivity index (χ0) is 57.8. The molecule has 0 radical (unpaired) electrons. The van der Waals surface area contributed by atoms with Crippen LogP contribution in [0.5, 0.6) is 0 Å². The maximum absolute atomic E-state index is 15.8. The lowest BCUT2D eigenvalue weighted by Gasteiger charge is -2.64. The Morgan fingerprint density at radius 3 is 2.08 bits per heavy atom. The van der Waals surface area contributed by atoms with Gasteiger partial charge in [-0.25, -0.2) is 24.0 Å². The van der Waals surface area contributed by atoms with Crippen molar-refractivity contribution in [2.45, 2.75) is 135 Å². The highest BCUT2D eigenvalue weighted by Gasteiger charge is 2.84. The highest BCUT2D eigenvalue weighted by atomic mass is 16.6. The van der Waals surface area contributed by atoms with Gasteiger partial charge in [0.05, 0.1) is 37.9 Å². The number of nitrogens with one attached hydrogen (secondary N) is 2. The second kappa shape index (κ2) is 23.9. The number of amides is 2. The van der Waals surface area contributed by atoms with Gasteiger partial charge in [-0.05, 0) is 80.9 Å². The van der Waals surface area contributed by atoms with Gasteiger partial charge in [0.2, 0.25) is 6.10 Å². The predicted octanol–water partition coefficient (Wildman–Crippen LogP) is 5.98. The van der Waals surface area contributed by atoms with Gasteiger partial charge in [0, 0.05) is 37.6 Å². The van der Waals surface area contributed by atoms with Gasteiger partial charge in [0.1, 0.15) is 48.8 Å². The number of carbonyl (C=O) groups is 8. The summed E-state index contributed by atoms with van der Waals surface area (Å²) in [7, 11) is 0. The molecule has 430 valence electrons. The summed E-state index contributed by atoms with van der Waals surface area (Å²) in [6, 6.07) is 23.7. The van der Waals surface area contributed by atoms with Gasteiger partial charge in [-0.1, -0.05) is 92.7 Å². The van der Waals surface area contributed by atoms with Crippen molar-refractivity contribution < 1.29 is 90.8 Å². The zero-order valence-electron chi connectivity index (χ0n) is 46.1. The zero-order valence-corrected chi connectivity index (χ0v) is 46.1. The minimum atomic E-state index is -2.36.